The second-order valence-electron chi connectivity index (χ2n) is 15.7. The molecule has 2 heteroatoms. The van der Waals surface area contributed by atoms with E-state index in [1.165, 1.54) is 98.9 Å². The fourth-order valence-electron chi connectivity index (χ4n) is 9.42. The van der Waals surface area contributed by atoms with Gasteiger partial charge in [-0.25, -0.2) is 0 Å². The summed E-state index contributed by atoms with van der Waals surface area (Å²) in [7, 11) is 0. The Hall–Kier alpha value is -7.94. The maximum Gasteiger partial charge on any atom is 0.0547 e. The predicted octanol–water partition coefficient (Wildman–Crippen LogP) is 15.7. The number of nitrogens with zero attached hydrogens (tertiary/aromatic N) is 2. The van der Waals surface area contributed by atoms with E-state index < -0.39 is 0 Å². The van der Waals surface area contributed by atoms with Crippen molar-refractivity contribution in [2.75, 3.05) is 0 Å². The minimum absolute atomic E-state index is 1.15. The Morgan fingerprint density at radius 2 is 0.650 bits per heavy atom. The van der Waals surface area contributed by atoms with Crippen molar-refractivity contribution in [3.05, 3.63) is 231 Å². The van der Waals surface area contributed by atoms with Gasteiger partial charge < -0.3 is 9.13 Å². The first-order valence-electron chi connectivity index (χ1n) is 20.7. The smallest absolute Gasteiger partial charge is 0.0547 e. The molecule has 2 nitrogen and oxygen atoms in total. The van der Waals surface area contributed by atoms with Gasteiger partial charge in [0, 0.05) is 32.9 Å². The zero-order valence-corrected chi connectivity index (χ0v) is 32.8. The van der Waals surface area contributed by atoms with Gasteiger partial charge in [-0.2, -0.15) is 0 Å². The van der Waals surface area contributed by atoms with E-state index in [0.717, 1.165) is 11.4 Å². The first-order valence-corrected chi connectivity index (χ1v) is 20.7. The van der Waals surface area contributed by atoms with Crippen LogP contribution in [-0.4, -0.2) is 9.13 Å². The van der Waals surface area contributed by atoms with E-state index >= 15 is 0 Å². The Bertz CT molecular complexity index is 3550. The summed E-state index contributed by atoms with van der Waals surface area (Å²) in [4.78, 5) is 0. The summed E-state index contributed by atoms with van der Waals surface area (Å²) >= 11 is 0. The summed E-state index contributed by atoms with van der Waals surface area (Å²) in [6.07, 6.45) is 0. The van der Waals surface area contributed by atoms with E-state index in [0.29, 0.717) is 0 Å². The first kappa shape index (κ1) is 34.1. The molecule has 0 N–H and O–H groups in total. The molecule has 2 heterocycles. The molecule has 2 aromatic heterocycles. The Kier molecular flexibility index (Phi) is 7.89. The van der Waals surface area contributed by atoms with Crippen molar-refractivity contribution >= 4 is 54.4 Å². The van der Waals surface area contributed by atoms with Crippen molar-refractivity contribution < 1.29 is 0 Å². The molecule has 0 saturated heterocycles. The van der Waals surface area contributed by atoms with Crippen LogP contribution >= 0.6 is 0 Å². The van der Waals surface area contributed by atoms with Gasteiger partial charge in [0.2, 0.25) is 0 Å². The SMILES string of the molecule is c1ccc(-c2ccc(-n3c4ccc(-c5ccc6c(c5)c5ccccc5n6-c5ccc(-c6cccc7ccccc67)cc5)cc4c4ccc(-c5ccccc5)cc43)cc2)cc1. The number of benzene rings is 10. The maximum absolute atomic E-state index is 2.43. The minimum atomic E-state index is 1.15. The summed E-state index contributed by atoms with van der Waals surface area (Å²) in [5.74, 6) is 0. The lowest BCUT2D eigenvalue weighted by Crippen LogP contribution is -1.94. The van der Waals surface area contributed by atoms with Crippen LogP contribution in [0.15, 0.2) is 231 Å². The van der Waals surface area contributed by atoms with E-state index in [9.17, 15) is 0 Å². The number of para-hydroxylation sites is 1. The number of hydrogen-bond acceptors (Lipinski definition) is 0. The summed E-state index contributed by atoms with van der Waals surface area (Å²) in [5, 5.41) is 7.50. The highest BCUT2D eigenvalue weighted by atomic mass is 15.0. The lowest BCUT2D eigenvalue weighted by molar-refractivity contribution is 1.18. The topological polar surface area (TPSA) is 9.86 Å². The monoisotopic (exact) mass is 762 g/mol. The molecular weight excluding hydrogens is 725 g/mol. The molecule has 10 aromatic carbocycles. The quantitative estimate of drug-likeness (QED) is 0.160. The second-order valence-corrected chi connectivity index (χ2v) is 15.7. The third kappa shape index (κ3) is 5.57. The second kappa shape index (κ2) is 13.9. The molecule has 0 aliphatic carbocycles. The molecule has 280 valence electrons. The molecule has 0 amide bonds. The van der Waals surface area contributed by atoms with E-state index in [1.54, 1.807) is 0 Å². The molecule has 0 aliphatic heterocycles. The predicted molar refractivity (Wildman–Crippen MR) is 254 cm³/mol. The normalized spacial score (nSPS) is 11.7. The fourth-order valence-corrected chi connectivity index (χ4v) is 9.42. The van der Waals surface area contributed by atoms with Crippen LogP contribution < -0.4 is 0 Å². The van der Waals surface area contributed by atoms with E-state index in [2.05, 4.69) is 240 Å². The Balaban J connectivity index is 0.980. The van der Waals surface area contributed by atoms with Crippen molar-refractivity contribution in [3.8, 4) is 55.9 Å². The standard InChI is InChI=1S/C58H38N2/c1-3-12-39(13-4-1)41-22-29-48(30-23-41)60-57-35-28-45(37-54(57)52-33-26-46(38-58(52)60)40-14-5-2-6-15-40)44-27-34-56-53(36-44)51-19-9-10-21-55(51)59(56)47-31-24-43(25-32-47)50-20-11-17-42-16-7-8-18-49(42)50/h1-38H. The highest BCUT2D eigenvalue weighted by molar-refractivity contribution is 6.13. The van der Waals surface area contributed by atoms with Crippen LogP contribution in [0.4, 0.5) is 0 Å². The zero-order chi connectivity index (χ0) is 39.6. The third-order valence-corrected chi connectivity index (χ3v) is 12.3. The van der Waals surface area contributed by atoms with Crippen LogP contribution in [-0.2, 0) is 0 Å². The minimum Gasteiger partial charge on any atom is -0.309 e. The van der Waals surface area contributed by atoms with Gasteiger partial charge in [0.05, 0.1) is 22.1 Å². The van der Waals surface area contributed by atoms with Gasteiger partial charge in [-0.3, -0.25) is 0 Å². The maximum atomic E-state index is 2.43. The molecule has 0 atom stereocenters. The zero-order valence-electron chi connectivity index (χ0n) is 32.8. The highest BCUT2D eigenvalue weighted by Crippen LogP contribution is 2.40. The summed E-state index contributed by atoms with van der Waals surface area (Å²) in [5.41, 5.74) is 16.8. The number of fused-ring (bicyclic) bond motifs is 7. The first-order chi connectivity index (χ1) is 29.7. The van der Waals surface area contributed by atoms with Crippen LogP contribution in [0.1, 0.15) is 0 Å². The van der Waals surface area contributed by atoms with Gasteiger partial charge in [0.1, 0.15) is 0 Å². The largest absolute Gasteiger partial charge is 0.309 e. The summed E-state index contributed by atoms with van der Waals surface area (Å²) in [6, 6.07) is 84.2. The van der Waals surface area contributed by atoms with E-state index in [4.69, 9.17) is 0 Å². The Morgan fingerprint density at radius 3 is 1.32 bits per heavy atom. The van der Waals surface area contributed by atoms with Gasteiger partial charge in [0.25, 0.3) is 0 Å². The number of rotatable bonds is 6. The molecule has 60 heavy (non-hydrogen) atoms. The lowest BCUT2D eigenvalue weighted by atomic mass is 9.98. The molecule has 0 unspecified atom stereocenters. The van der Waals surface area contributed by atoms with Crippen LogP contribution in [0.5, 0.6) is 0 Å². The van der Waals surface area contributed by atoms with Gasteiger partial charge in [-0.05, 0) is 116 Å². The average Bonchev–Trinajstić information content (AvgIpc) is 3.84. The summed E-state index contributed by atoms with van der Waals surface area (Å²) in [6.45, 7) is 0. The van der Waals surface area contributed by atoms with E-state index in [-0.39, 0.29) is 0 Å². The van der Waals surface area contributed by atoms with Crippen LogP contribution in [0.25, 0.3) is 110 Å². The van der Waals surface area contributed by atoms with Crippen molar-refractivity contribution in [2.24, 2.45) is 0 Å². The Labute approximate surface area is 348 Å². The molecule has 12 rings (SSSR count). The highest BCUT2D eigenvalue weighted by Gasteiger charge is 2.17. The number of hydrogen-bond donors (Lipinski definition) is 0. The molecular formula is C58H38N2. The molecule has 0 bridgehead atoms. The average molecular weight is 763 g/mol. The molecule has 0 aliphatic rings. The van der Waals surface area contributed by atoms with Gasteiger partial charge >= 0.3 is 0 Å². The molecule has 0 radical (unpaired) electrons. The number of aromatic nitrogens is 2. The van der Waals surface area contributed by atoms with E-state index in [1.807, 2.05) is 0 Å². The van der Waals surface area contributed by atoms with Crippen molar-refractivity contribution in [1.29, 1.82) is 0 Å². The van der Waals surface area contributed by atoms with Gasteiger partial charge in [-0.1, -0.05) is 170 Å². The van der Waals surface area contributed by atoms with Crippen molar-refractivity contribution in [1.82, 2.24) is 9.13 Å². The molecule has 12 aromatic rings. The lowest BCUT2D eigenvalue weighted by Gasteiger charge is -2.11. The van der Waals surface area contributed by atoms with Crippen molar-refractivity contribution in [2.45, 2.75) is 0 Å². The van der Waals surface area contributed by atoms with Gasteiger partial charge in [0.15, 0.2) is 0 Å². The molecule has 0 fully saturated rings. The Morgan fingerprint density at radius 1 is 0.217 bits per heavy atom. The fraction of sp³-hybridized carbons (Fsp3) is 0. The third-order valence-electron chi connectivity index (χ3n) is 12.3. The van der Waals surface area contributed by atoms with Crippen LogP contribution in [0, 0.1) is 0 Å². The summed E-state index contributed by atoms with van der Waals surface area (Å²) < 4.78 is 4.84. The molecule has 0 saturated carbocycles. The van der Waals surface area contributed by atoms with Gasteiger partial charge in [-0.15, -0.1) is 0 Å². The van der Waals surface area contributed by atoms with Crippen molar-refractivity contribution in [3.63, 3.8) is 0 Å². The van der Waals surface area contributed by atoms with Crippen LogP contribution in [0.2, 0.25) is 0 Å². The molecule has 0 spiro atoms. The van der Waals surface area contributed by atoms with Crippen LogP contribution in [0.3, 0.4) is 0 Å².